The summed E-state index contributed by atoms with van der Waals surface area (Å²) < 4.78 is 28.6. The van der Waals surface area contributed by atoms with Crippen LogP contribution in [0, 0.1) is 0 Å². The molecule has 40 heavy (non-hydrogen) atoms. The Morgan fingerprint density at radius 3 is 2.48 bits per heavy atom. The molecule has 0 bridgehead atoms. The van der Waals surface area contributed by atoms with Crippen molar-refractivity contribution in [2.45, 2.75) is 63.2 Å². The second-order valence-electron chi connectivity index (χ2n) is 9.37. The summed E-state index contributed by atoms with van der Waals surface area (Å²) in [6, 6.07) is 16.8. The number of benzene rings is 1. The third kappa shape index (κ3) is 7.93. The molecular formula is C29H33N5O4S2. The average Bonchev–Trinajstić information content (AvgIpc) is 3.50. The summed E-state index contributed by atoms with van der Waals surface area (Å²) in [5.74, 6) is -0.548. The molecule has 210 valence electrons. The van der Waals surface area contributed by atoms with E-state index in [1.807, 2.05) is 29.6 Å². The van der Waals surface area contributed by atoms with Gasteiger partial charge in [0.25, 0.3) is 10.0 Å². The predicted molar refractivity (Wildman–Crippen MR) is 156 cm³/mol. The Morgan fingerprint density at radius 1 is 0.975 bits per heavy atom. The van der Waals surface area contributed by atoms with E-state index in [1.165, 1.54) is 27.9 Å². The maximum absolute atomic E-state index is 13.7. The lowest BCUT2D eigenvalue weighted by atomic mass is 10.1. The van der Waals surface area contributed by atoms with Crippen molar-refractivity contribution in [1.29, 1.82) is 0 Å². The number of thiazole rings is 1. The van der Waals surface area contributed by atoms with Crippen LogP contribution in [-0.4, -0.2) is 44.8 Å². The van der Waals surface area contributed by atoms with Crippen molar-refractivity contribution in [2.75, 3.05) is 5.32 Å². The molecular weight excluding hydrogens is 546 g/mol. The number of hydrogen-bond acceptors (Lipinski definition) is 8. The number of carboxylic acids is 1. The first-order chi connectivity index (χ1) is 19.4. The van der Waals surface area contributed by atoms with Gasteiger partial charge in [0, 0.05) is 29.9 Å². The largest absolute Gasteiger partial charge is 0.480 e. The molecule has 0 aliphatic heterocycles. The van der Waals surface area contributed by atoms with Crippen LogP contribution in [0.4, 0.5) is 5.82 Å². The normalized spacial score (nSPS) is 12.3. The standard InChI is InChI=1S/C29H33N5O4S2/c1-2-3-4-5-10-25(29(35)36)33-26-11-8-9-24(32-26)21-34(40(37,38)27-12-6-7-17-30-27)20-22-13-15-23(16-14-22)28-31-18-19-39-28/h6-9,11-19,25H,2-5,10,20-21H2,1H3,(H,32,33)(H,35,36). The molecule has 0 amide bonds. The highest BCUT2D eigenvalue weighted by Crippen LogP contribution is 2.24. The van der Waals surface area contributed by atoms with E-state index in [0.717, 1.165) is 41.8 Å². The molecule has 1 atom stereocenters. The van der Waals surface area contributed by atoms with E-state index in [-0.39, 0.29) is 18.1 Å². The second-order valence-corrected chi connectivity index (χ2v) is 12.2. The van der Waals surface area contributed by atoms with Crippen molar-refractivity contribution in [1.82, 2.24) is 19.3 Å². The van der Waals surface area contributed by atoms with E-state index in [0.29, 0.717) is 17.9 Å². The quantitative estimate of drug-likeness (QED) is 0.169. The number of nitrogens with one attached hydrogen (secondary N) is 1. The lowest BCUT2D eigenvalue weighted by Crippen LogP contribution is -2.32. The van der Waals surface area contributed by atoms with Crippen LogP contribution in [0.25, 0.3) is 10.6 Å². The number of pyridine rings is 2. The summed E-state index contributed by atoms with van der Waals surface area (Å²) in [4.78, 5) is 24.8. The van der Waals surface area contributed by atoms with Crippen LogP contribution in [-0.2, 0) is 27.9 Å². The van der Waals surface area contributed by atoms with E-state index < -0.39 is 22.0 Å². The van der Waals surface area contributed by atoms with Gasteiger partial charge in [0.2, 0.25) is 0 Å². The molecule has 0 saturated heterocycles. The predicted octanol–water partition coefficient (Wildman–Crippen LogP) is 5.83. The highest BCUT2D eigenvalue weighted by molar-refractivity contribution is 7.89. The van der Waals surface area contributed by atoms with Gasteiger partial charge in [0.1, 0.15) is 16.9 Å². The van der Waals surface area contributed by atoms with Crippen molar-refractivity contribution in [3.63, 3.8) is 0 Å². The van der Waals surface area contributed by atoms with Gasteiger partial charge >= 0.3 is 5.97 Å². The average molecular weight is 580 g/mol. The fraction of sp³-hybridized carbons (Fsp3) is 0.310. The molecule has 0 fully saturated rings. The summed E-state index contributed by atoms with van der Waals surface area (Å²) in [5, 5.41) is 15.5. The first-order valence-corrected chi connectivity index (χ1v) is 15.5. The van der Waals surface area contributed by atoms with E-state index in [1.54, 1.807) is 36.5 Å². The Hall–Kier alpha value is -3.67. The van der Waals surface area contributed by atoms with Gasteiger partial charge in [-0.05, 0) is 36.2 Å². The molecule has 0 spiro atoms. The number of nitrogens with zero attached hydrogens (tertiary/aromatic N) is 4. The third-order valence-electron chi connectivity index (χ3n) is 6.35. The number of aromatic nitrogens is 3. The summed E-state index contributed by atoms with van der Waals surface area (Å²) in [7, 11) is -3.96. The lowest BCUT2D eigenvalue weighted by molar-refractivity contribution is -0.138. The lowest BCUT2D eigenvalue weighted by Gasteiger charge is -2.22. The molecule has 0 radical (unpaired) electrons. The van der Waals surface area contributed by atoms with Gasteiger partial charge in [-0.15, -0.1) is 11.3 Å². The second kappa shape index (κ2) is 14.1. The number of unbranched alkanes of at least 4 members (excludes halogenated alkanes) is 3. The zero-order valence-corrected chi connectivity index (χ0v) is 23.9. The Balaban J connectivity index is 1.55. The van der Waals surface area contributed by atoms with Gasteiger partial charge in [-0.25, -0.2) is 28.2 Å². The molecule has 2 N–H and O–H groups in total. The topological polar surface area (TPSA) is 125 Å². The number of sulfonamides is 1. The van der Waals surface area contributed by atoms with Gasteiger partial charge in [-0.3, -0.25) is 0 Å². The molecule has 0 aliphatic rings. The third-order valence-corrected chi connectivity index (χ3v) is 8.88. The summed E-state index contributed by atoms with van der Waals surface area (Å²) in [5.41, 5.74) is 2.24. The maximum atomic E-state index is 13.7. The van der Waals surface area contributed by atoms with Gasteiger partial charge in [0.15, 0.2) is 5.03 Å². The van der Waals surface area contributed by atoms with Crippen LogP contribution in [0.3, 0.4) is 0 Å². The summed E-state index contributed by atoms with van der Waals surface area (Å²) >= 11 is 1.54. The van der Waals surface area contributed by atoms with Gasteiger partial charge in [0.05, 0.1) is 12.2 Å². The molecule has 11 heteroatoms. The fourth-order valence-corrected chi connectivity index (χ4v) is 6.19. The molecule has 3 aromatic heterocycles. The Bertz CT molecular complexity index is 1460. The molecule has 0 saturated carbocycles. The molecule has 1 unspecified atom stereocenters. The SMILES string of the molecule is CCCCCCC(Nc1cccc(CN(Cc2ccc(-c3nccs3)cc2)S(=O)(=O)c2ccccn2)n1)C(=O)O. The molecule has 9 nitrogen and oxygen atoms in total. The van der Waals surface area contributed by atoms with Crippen LogP contribution in [0.15, 0.2) is 83.5 Å². The van der Waals surface area contributed by atoms with Crippen molar-refractivity contribution in [2.24, 2.45) is 0 Å². The minimum Gasteiger partial charge on any atom is -0.480 e. The number of carboxylic acid groups (broad SMARTS) is 1. The van der Waals surface area contributed by atoms with Crippen LogP contribution >= 0.6 is 11.3 Å². The van der Waals surface area contributed by atoms with E-state index >= 15 is 0 Å². The van der Waals surface area contributed by atoms with Gasteiger partial charge in [-0.2, -0.15) is 4.31 Å². The number of rotatable bonds is 15. The summed E-state index contributed by atoms with van der Waals surface area (Å²) in [6.07, 6.45) is 7.59. The molecule has 0 aliphatic carbocycles. The number of carbonyl (C=O) groups is 1. The highest BCUT2D eigenvalue weighted by atomic mass is 32.2. The van der Waals surface area contributed by atoms with Crippen molar-refractivity contribution >= 4 is 33.1 Å². The first kappa shape index (κ1) is 29.3. The minimum absolute atomic E-state index is 0.0170. The zero-order chi connectivity index (χ0) is 28.4. The van der Waals surface area contributed by atoms with Crippen LogP contribution in [0.2, 0.25) is 0 Å². The Morgan fingerprint density at radius 2 is 1.80 bits per heavy atom. The molecule has 4 aromatic rings. The van der Waals surface area contributed by atoms with Crippen LogP contribution in [0.1, 0.15) is 50.3 Å². The van der Waals surface area contributed by atoms with Crippen LogP contribution < -0.4 is 5.32 Å². The molecule has 4 rings (SSSR count). The number of aliphatic carboxylic acids is 1. The monoisotopic (exact) mass is 579 g/mol. The zero-order valence-electron chi connectivity index (χ0n) is 22.3. The fourth-order valence-electron chi connectivity index (χ4n) is 4.22. The van der Waals surface area contributed by atoms with E-state index in [4.69, 9.17) is 0 Å². The van der Waals surface area contributed by atoms with E-state index in [2.05, 4.69) is 27.2 Å². The molecule has 3 heterocycles. The Labute approximate surface area is 239 Å². The van der Waals surface area contributed by atoms with E-state index in [9.17, 15) is 18.3 Å². The minimum atomic E-state index is -3.96. The van der Waals surface area contributed by atoms with Crippen molar-refractivity contribution in [3.05, 3.63) is 89.7 Å². The van der Waals surface area contributed by atoms with Crippen LogP contribution in [0.5, 0.6) is 0 Å². The first-order valence-electron chi connectivity index (χ1n) is 13.2. The van der Waals surface area contributed by atoms with Gasteiger partial charge < -0.3 is 10.4 Å². The maximum Gasteiger partial charge on any atom is 0.326 e. The molecule has 1 aromatic carbocycles. The van der Waals surface area contributed by atoms with Crippen molar-refractivity contribution < 1.29 is 18.3 Å². The number of anilines is 1. The Kier molecular flexibility index (Phi) is 10.3. The van der Waals surface area contributed by atoms with Crippen molar-refractivity contribution in [3.8, 4) is 10.6 Å². The van der Waals surface area contributed by atoms with Gasteiger partial charge in [-0.1, -0.05) is 69.0 Å². The summed E-state index contributed by atoms with van der Waals surface area (Å²) in [6.45, 7) is 2.19. The number of hydrogen-bond donors (Lipinski definition) is 2. The highest BCUT2D eigenvalue weighted by Gasteiger charge is 2.27. The smallest absolute Gasteiger partial charge is 0.326 e.